The molecule has 0 bridgehead atoms. The number of carbonyl (C=O) groups is 1. The molecule has 0 spiro atoms. The van der Waals surface area contributed by atoms with E-state index in [-0.39, 0.29) is 34.6 Å². The fourth-order valence-electron chi connectivity index (χ4n) is 3.84. The van der Waals surface area contributed by atoms with Crippen LogP contribution >= 0.6 is 0 Å². The van der Waals surface area contributed by atoms with Crippen molar-refractivity contribution in [1.29, 1.82) is 0 Å². The van der Waals surface area contributed by atoms with Gasteiger partial charge < -0.3 is 5.73 Å². The Morgan fingerprint density at radius 2 is 1.83 bits per heavy atom. The summed E-state index contributed by atoms with van der Waals surface area (Å²) in [5.74, 6) is -0.0174. The number of piperidine rings is 1. The Kier molecular flexibility index (Phi) is 6.33. The van der Waals surface area contributed by atoms with Crippen LogP contribution in [0, 0.1) is 18.8 Å². The van der Waals surface area contributed by atoms with Gasteiger partial charge in [-0.15, -0.1) is 5.10 Å². The summed E-state index contributed by atoms with van der Waals surface area (Å²) in [5, 5.41) is 11.9. The van der Waals surface area contributed by atoms with Gasteiger partial charge in [-0.05, 0) is 61.3 Å². The van der Waals surface area contributed by atoms with Crippen LogP contribution in [0.3, 0.4) is 0 Å². The van der Waals surface area contributed by atoms with Gasteiger partial charge in [-0.1, -0.05) is 31.5 Å². The highest BCUT2D eigenvalue weighted by atomic mass is 32.2. The van der Waals surface area contributed by atoms with E-state index in [2.05, 4.69) is 34.3 Å². The predicted molar refractivity (Wildman–Crippen MR) is 107 cm³/mol. The molecule has 158 valence electrons. The lowest BCUT2D eigenvalue weighted by Gasteiger charge is -2.37. The summed E-state index contributed by atoms with van der Waals surface area (Å²) < 4.78 is 27.1. The number of primary amides is 1. The van der Waals surface area contributed by atoms with E-state index >= 15 is 0 Å². The van der Waals surface area contributed by atoms with Crippen molar-refractivity contribution < 1.29 is 13.2 Å². The van der Waals surface area contributed by atoms with Gasteiger partial charge in [0, 0.05) is 5.92 Å². The lowest BCUT2D eigenvalue weighted by atomic mass is 9.92. The molecule has 1 unspecified atom stereocenters. The predicted octanol–water partition coefficient (Wildman–Crippen LogP) is 1.31. The van der Waals surface area contributed by atoms with Gasteiger partial charge in [0.15, 0.2) is 21.5 Å². The first-order valence-corrected chi connectivity index (χ1v) is 11.4. The number of benzene rings is 1. The van der Waals surface area contributed by atoms with Gasteiger partial charge in [-0.25, -0.2) is 13.1 Å². The van der Waals surface area contributed by atoms with E-state index in [4.69, 9.17) is 5.73 Å². The molecular formula is C19H28N6O3S. The summed E-state index contributed by atoms with van der Waals surface area (Å²) in [6, 6.07) is 6.60. The molecule has 1 aromatic heterocycles. The summed E-state index contributed by atoms with van der Waals surface area (Å²) in [6.45, 7) is 7.39. The molecular weight excluding hydrogens is 392 g/mol. The second kappa shape index (κ2) is 8.58. The molecule has 1 aliphatic rings. The van der Waals surface area contributed by atoms with Gasteiger partial charge in [-0.2, -0.15) is 0 Å². The van der Waals surface area contributed by atoms with Crippen molar-refractivity contribution in [2.45, 2.75) is 50.4 Å². The number of hydrogen-bond acceptors (Lipinski definition) is 7. The highest BCUT2D eigenvalue weighted by molar-refractivity contribution is 7.90. The highest BCUT2D eigenvalue weighted by Crippen LogP contribution is 2.31. The standard InChI is InChI=1S/C19H28N6O3S/c1-13(2)17(24-10-8-15(9-11-24)18(20)26)19-21-22-23-25(19)12-29(27,28)16-6-4-14(3)5-7-16/h4-7,13,15,17H,8-12H2,1-3H3,(H2,20,26). The van der Waals surface area contributed by atoms with Crippen LogP contribution in [0.1, 0.15) is 44.1 Å². The molecule has 1 aliphatic heterocycles. The summed E-state index contributed by atoms with van der Waals surface area (Å²) in [4.78, 5) is 13.9. The number of aromatic nitrogens is 4. The van der Waals surface area contributed by atoms with E-state index in [0.717, 1.165) is 5.56 Å². The van der Waals surface area contributed by atoms with Gasteiger partial charge in [0.05, 0.1) is 10.9 Å². The fraction of sp³-hybridized carbons (Fsp3) is 0.579. The maximum Gasteiger partial charge on any atom is 0.220 e. The molecule has 10 heteroatoms. The van der Waals surface area contributed by atoms with Crippen LogP contribution in [0.4, 0.5) is 0 Å². The molecule has 2 heterocycles. The van der Waals surface area contributed by atoms with Crippen LogP contribution in [0.15, 0.2) is 29.2 Å². The zero-order valence-electron chi connectivity index (χ0n) is 17.0. The van der Waals surface area contributed by atoms with Crippen LogP contribution in [0.2, 0.25) is 0 Å². The number of nitrogens with two attached hydrogens (primary N) is 1. The smallest absolute Gasteiger partial charge is 0.220 e. The molecule has 2 aromatic rings. The number of hydrogen-bond donors (Lipinski definition) is 1. The van der Waals surface area contributed by atoms with E-state index in [0.29, 0.717) is 31.8 Å². The summed E-state index contributed by atoms with van der Waals surface area (Å²) >= 11 is 0. The number of tetrazole rings is 1. The molecule has 0 aliphatic carbocycles. The quantitative estimate of drug-likeness (QED) is 0.716. The third kappa shape index (κ3) is 4.81. The topological polar surface area (TPSA) is 124 Å². The van der Waals surface area contributed by atoms with Crippen LogP contribution in [0.25, 0.3) is 0 Å². The third-order valence-corrected chi connectivity index (χ3v) is 7.03. The first-order valence-electron chi connectivity index (χ1n) is 9.78. The zero-order valence-corrected chi connectivity index (χ0v) is 17.8. The van der Waals surface area contributed by atoms with Crippen molar-refractivity contribution in [3.63, 3.8) is 0 Å². The summed E-state index contributed by atoms with van der Waals surface area (Å²) in [5.41, 5.74) is 6.43. The van der Waals surface area contributed by atoms with Gasteiger partial charge in [0.25, 0.3) is 0 Å². The number of nitrogens with zero attached hydrogens (tertiary/aromatic N) is 5. The molecule has 9 nitrogen and oxygen atoms in total. The Labute approximate surface area is 171 Å². The molecule has 1 atom stereocenters. The average molecular weight is 421 g/mol. The SMILES string of the molecule is Cc1ccc(S(=O)(=O)Cn2nnnc2C(C(C)C)N2CCC(C(N)=O)CC2)cc1. The highest BCUT2D eigenvalue weighted by Gasteiger charge is 2.34. The maximum atomic E-state index is 12.9. The molecule has 0 radical (unpaired) electrons. The van der Waals surface area contributed by atoms with E-state index in [1.165, 1.54) is 4.68 Å². The van der Waals surface area contributed by atoms with Crippen molar-refractivity contribution in [2.75, 3.05) is 13.1 Å². The minimum Gasteiger partial charge on any atom is -0.369 e. The number of sulfone groups is 1. The van der Waals surface area contributed by atoms with Gasteiger partial charge in [0.1, 0.15) is 0 Å². The van der Waals surface area contributed by atoms with E-state index in [1.807, 2.05) is 6.92 Å². The lowest BCUT2D eigenvalue weighted by Crippen LogP contribution is -2.42. The molecule has 0 saturated carbocycles. The minimum atomic E-state index is -3.59. The van der Waals surface area contributed by atoms with Crippen molar-refractivity contribution in [2.24, 2.45) is 17.6 Å². The number of likely N-dealkylation sites (tertiary alicyclic amines) is 1. The molecule has 1 amide bonds. The molecule has 1 saturated heterocycles. The van der Waals surface area contributed by atoms with Gasteiger partial charge in [-0.3, -0.25) is 9.69 Å². The van der Waals surface area contributed by atoms with E-state index in [9.17, 15) is 13.2 Å². The third-order valence-electron chi connectivity index (χ3n) is 5.45. The first-order chi connectivity index (χ1) is 13.7. The number of rotatable bonds is 7. The molecule has 1 fully saturated rings. The second-order valence-electron chi connectivity index (χ2n) is 7.99. The van der Waals surface area contributed by atoms with E-state index in [1.54, 1.807) is 24.3 Å². The minimum absolute atomic E-state index is 0.114. The van der Waals surface area contributed by atoms with Crippen molar-refractivity contribution in [3.05, 3.63) is 35.7 Å². The Bertz CT molecular complexity index is 947. The van der Waals surface area contributed by atoms with Crippen molar-refractivity contribution in [3.8, 4) is 0 Å². The Morgan fingerprint density at radius 3 is 2.38 bits per heavy atom. The lowest BCUT2D eigenvalue weighted by molar-refractivity contribution is -0.123. The second-order valence-corrected chi connectivity index (χ2v) is 9.95. The zero-order chi connectivity index (χ0) is 21.2. The number of carbonyl (C=O) groups excluding carboxylic acids is 1. The number of aryl methyl sites for hydroxylation is 1. The average Bonchev–Trinajstić information content (AvgIpc) is 3.09. The van der Waals surface area contributed by atoms with E-state index < -0.39 is 9.84 Å². The van der Waals surface area contributed by atoms with Crippen molar-refractivity contribution in [1.82, 2.24) is 25.1 Å². The van der Waals surface area contributed by atoms with Gasteiger partial charge in [0.2, 0.25) is 5.91 Å². The van der Waals surface area contributed by atoms with Gasteiger partial charge >= 0.3 is 0 Å². The van der Waals surface area contributed by atoms with Crippen LogP contribution in [-0.2, 0) is 20.5 Å². The fourth-order valence-corrected chi connectivity index (χ4v) is 5.05. The maximum absolute atomic E-state index is 12.9. The Balaban J connectivity index is 1.83. The monoisotopic (exact) mass is 420 g/mol. The normalized spacial score (nSPS) is 17.5. The summed E-state index contributed by atoms with van der Waals surface area (Å²) in [7, 11) is -3.59. The molecule has 2 N–H and O–H groups in total. The molecule has 29 heavy (non-hydrogen) atoms. The summed E-state index contributed by atoms with van der Waals surface area (Å²) in [6.07, 6.45) is 1.36. The molecule has 3 rings (SSSR count). The molecule has 1 aromatic carbocycles. The Hall–Kier alpha value is -2.33. The van der Waals surface area contributed by atoms with Crippen molar-refractivity contribution >= 4 is 15.7 Å². The number of amides is 1. The first kappa shape index (κ1) is 21.4. The Morgan fingerprint density at radius 1 is 1.21 bits per heavy atom. The van der Waals surface area contributed by atoms with Crippen LogP contribution in [-0.4, -0.2) is 52.5 Å². The largest absolute Gasteiger partial charge is 0.369 e. The van der Waals surface area contributed by atoms with Crippen LogP contribution < -0.4 is 5.73 Å². The van der Waals surface area contributed by atoms with Crippen LogP contribution in [0.5, 0.6) is 0 Å².